The van der Waals surface area contributed by atoms with E-state index in [0.29, 0.717) is 25.1 Å². The maximum atomic E-state index is 12.7. The second-order valence-corrected chi connectivity index (χ2v) is 5.52. The molecule has 2 rings (SSSR count). The highest BCUT2D eigenvalue weighted by Gasteiger charge is 2.42. The standard InChI is InChI=1S/C14H19F3N2O2/c1-9-12(10(2)21-18-9)5-6-13(20)19-7-3-4-11(8-19)14(15,16)17/h11H,3-8H2,1-2H3/t11-/m1/s1. The van der Waals surface area contributed by atoms with Crippen molar-refractivity contribution < 1.29 is 22.5 Å². The van der Waals surface area contributed by atoms with E-state index >= 15 is 0 Å². The fourth-order valence-corrected chi connectivity index (χ4v) is 2.72. The first kappa shape index (κ1) is 15.9. The van der Waals surface area contributed by atoms with Gasteiger partial charge < -0.3 is 9.42 Å². The quantitative estimate of drug-likeness (QED) is 0.862. The van der Waals surface area contributed by atoms with Crippen LogP contribution in [0.5, 0.6) is 0 Å². The number of amides is 1. The molecular weight excluding hydrogens is 285 g/mol. The molecule has 118 valence electrons. The van der Waals surface area contributed by atoms with Crippen molar-refractivity contribution in [3.05, 3.63) is 17.0 Å². The normalized spacial score (nSPS) is 19.9. The Morgan fingerprint density at radius 1 is 1.43 bits per heavy atom. The molecule has 0 unspecified atom stereocenters. The van der Waals surface area contributed by atoms with E-state index < -0.39 is 12.1 Å². The van der Waals surface area contributed by atoms with Gasteiger partial charge in [0.25, 0.3) is 0 Å². The molecule has 0 bridgehead atoms. The Hall–Kier alpha value is -1.53. The minimum atomic E-state index is -4.22. The number of piperidine rings is 1. The Balaban J connectivity index is 1.91. The van der Waals surface area contributed by atoms with Gasteiger partial charge >= 0.3 is 6.18 Å². The number of nitrogens with zero attached hydrogens (tertiary/aromatic N) is 2. The van der Waals surface area contributed by atoms with Crippen LogP contribution >= 0.6 is 0 Å². The summed E-state index contributed by atoms with van der Waals surface area (Å²) in [5.74, 6) is -0.967. The summed E-state index contributed by atoms with van der Waals surface area (Å²) in [5.41, 5.74) is 1.60. The summed E-state index contributed by atoms with van der Waals surface area (Å²) in [6.45, 7) is 3.74. The molecule has 1 atom stereocenters. The number of likely N-dealkylation sites (tertiary alicyclic amines) is 1. The van der Waals surface area contributed by atoms with E-state index in [1.165, 1.54) is 4.90 Å². The van der Waals surface area contributed by atoms with Crippen LogP contribution in [0.25, 0.3) is 0 Å². The molecule has 1 aliphatic heterocycles. The van der Waals surface area contributed by atoms with Crippen molar-refractivity contribution in [1.29, 1.82) is 0 Å². The number of rotatable bonds is 3. The topological polar surface area (TPSA) is 46.3 Å². The summed E-state index contributed by atoms with van der Waals surface area (Å²) in [5, 5.41) is 3.80. The van der Waals surface area contributed by atoms with Crippen LogP contribution in [0.3, 0.4) is 0 Å². The summed E-state index contributed by atoms with van der Waals surface area (Å²) in [6, 6.07) is 0. The van der Waals surface area contributed by atoms with Gasteiger partial charge in [-0.05, 0) is 33.1 Å². The van der Waals surface area contributed by atoms with Crippen LogP contribution in [0.1, 0.15) is 36.3 Å². The predicted molar refractivity (Wildman–Crippen MR) is 69.7 cm³/mol. The molecule has 1 aromatic rings. The molecule has 0 N–H and O–H groups in total. The first-order chi connectivity index (χ1) is 9.79. The van der Waals surface area contributed by atoms with Crippen molar-refractivity contribution in [2.24, 2.45) is 5.92 Å². The van der Waals surface area contributed by atoms with Crippen LogP contribution in [0.15, 0.2) is 4.52 Å². The molecule has 0 radical (unpaired) electrons. The van der Waals surface area contributed by atoms with Crippen LogP contribution in [0.2, 0.25) is 0 Å². The lowest BCUT2D eigenvalue weighted by Crippen LogP contribution is -2.44. The van der Waals surface area contributed by atoms with E-state index in [-0.39, 0.29) is 25.3 Å². The molecule has 4 nitrogen and oxygen atoms in total. The summed E-state index contributed by atoms with van der Waals surface area (Å²) < 4.78 is 43.2. The zero-order valence-corrected chi connectivity index (χ0v) is 12.2. The van der Waals surface area contributed by atoms with E-state index in [1.807, 2.05) is 0 Å². The zero-order valence-electron chi connectivity index (χ0n) is 12.2. The van der Waals surface area contributed by atoms with Gasteiger partial charge in [0.05, 0.1) is 11.6 Å². The molecule has 0 aromatic carbocycles. The summed E-state index contributed by atoms with van der Waals surface area (Å²) in [4.78, 5) is 13.4. The van der Waals surface area contributed by atoms with Gasteiger partial charge in [-0.15, -0.1) is 0 Å². The summed E-state index contributed by atoms with van der Waals surface area (Å²) in [6.07, 6.45) is -3.07. The highest BCUT2D eigenvalue weighted by atomic mass is 19.4. The first-order valence-electron chi connectivity index (χ1n) is 7.05. The van der Waals surface area contributed by atoms with Gasteiger partial charge in [0.15, 0.2) is 0 Å². The van der Waals surface area contributed by atoms with Crippen molar-refractivity contribution in [1.82, 2.24) is 10.1 Å². The number of hydrogen-bond acceptors (Lipinski definition) is 3. The van der Waals surface area contributed by atoms with Gasteiger partial charge in [-0.3, -0.25) is 4.79 Å². The molecule has 0 saturated carbocycles. The number of carbonyl (C=O) groups excluding carboxylic acids is 1. The SMILES string of the molecule is Cc1noc(C)c1CCC(=O)N1CCC[C@@H](C(F)(F)F)C1. The molecule has 21 heavy (non-hydrogen) atoms. The monoisotopic (exact) mass is 304 g/mol. The molecule has 1 amide bonds. The van der Waals surface area contributed by atoms with E-state index in [0.717, 1.165) is 11.3 Å². The fraction of sp³-hybridized carbons (Fsp3) is 0.714. The molecule has 1 saturated heterocycles. The molecule has 0 spiro atoms. The summed E-state index contributed by atoms with van der Waals surface area (Å²) >= 11 is 0. The van der Waals surface area contributed by atoms with E-state index in [9.17, 15) is 18.0 Å². The minimum absolute atomic E-state index is 0.108. The number of aromatic nitrogens is 1. The van der Waals surface area contributed by atoms with Crippen LogP contribution in [0, 0.1) is 19.8 Å². The average Bonchev–Trinajstić information content (AvgIpc) is 2.75. The second-order valence-electron chi connectivity index (χ2n) is 5.52. The minimum Gasteiger partial charge on any atom is -0.361 e. The Labute approximate surface area is 121 Å². The largest absolute Gasteiger partial charge is 0.393 e. The van der Waals surface area contributed by atoms with Crippen molar-refractivity contribution in [2.75, 3.05) is 13.1 Å². The van der Waals surface area contributed by atoms with Gasteiger partial charge in [0.1, 0.15) is 5.76 Å². The smallest absolute Gasteiger partial charge is 0.361 e. The van der Waals surface area contributed by atoms with Crippen LogP contribution in [-0.4, -0.2) is 35.2 Å². The molecule has 7 heteroatoms. The van der Waals surface area contributed by atoms with Gasteiger partial charge in [-0.25, -0.2) is 0 Å². The molecule has 1 aliphatic rings. The lowest BCUT2D eigenvalue weighted by atomic mass is 9.97. The Kier molecular flexibility index (Phi) is 4.58. The Morgan fingerprint density at radius 3 is 2.71 bits per heavy atom. The van der Waals surface area contributed by atoms with Gasteiger partial charge in [-0.2, -0.15) is 13.2 Å². The Bertz CT molecular complexity index is 491. The van der Waals surface area contributed by atoms with Crippen molar-refractivity contribution in [3.8, 4) is 0 Å². The maximum absolute atomic E-state index is 12.7. The van der Waals surface area contributed by atoms with E-state index in [2.05, 4.69) is 5.16 Å². The fourth-order valence-electron chi connectivity index (χ4n) is 2.72. The highest BCUT2D eigenvalue weighted by molar-refractivity contribution is 5.76. The van der Waals surface area contributed by atoms with Gasteiger partial charge in [0, 0.05) is 25.1 Å². The molecule has 1 aromatic heterocycles. The van der Waals surface area contributed by atoms with Crippen molar-refractivity contribution in [3.63, 3.8) is 0 Å². The molecule has 2 heterocycles. The number of aryl methyl sites for hydroxylation is 2. The number of carbonyl (C=O) groups is 1. The van der Waals surface area contributed by atoms with Gasteiger partial charge in [-0.1, -0.05) is 5.16 Å². The van der Waals surface area contributed by atoms with Crippen LogP contribution < -0.4 is 0 Å². The molecular formula is C14H19F3N2O2. The van der Waals surface area contributed by atoms with Crippen molar-refractivity contribution in [2.45, 2.75) is 45.7 Å². The van der Waals surface area contributed by atoms with Crippen LogP contribution in [-0.2, 0) is 11.2 Å². The third kappa shape index (κ3) is 3.77. The van der Waals surface area contributed by atoms with Crippen molar-refractivity contribution >= 4 is 5.91 Å². The summed E-state index contributed by atoms with van der Waals surface area (Å²) in [7, 11) is 0. The second kappa shape index (κ2) is 6.07. The number of halogens is 3. The third-order valence-electron chi connectivity index (χ3n) is 4.01. The number of hydrogen-bond donors (Lipinski definition) is 0. The highest BCUT2D eigenvalue weighted by Crippen LogP contribution is 2.33. The molecule has 1 fully saturated rings. The van der Waals surface area contributed by atoms with Crippen LogP contribution in [0.4, 0.5) is 13.2 Å². The third-order valence-corrected chi connectivity index (χ3v) is 4.01. The first-order valence-corrected chi connectivity index (χ1v) is 7.05. The molecule has 0 aliphatic carbocycles. The lowest BCUT2D eigenvalue weighted by Gasteiger charge is -2.33. The predicted octanol–water partition coefficient (Wildman–Crippen LogP) is 3.02. The van der Waals surface area contributed by atoms with E-state index in [1.54, 1.807) is 13.8 Å². The van der Waals surface area contributed by atoms with Gasteiger partial charge in [0.2, 0.25) is 5.91 Å². The lowest BCUT2D eigenvalue weighted by molar-refractivity contribution is -0.188. The van der Waals surface area contributed by atoms with E-state index in [4.69, 9.17) is 4.52 Å². The number of alkyl halides is 3. The zero-order chi connectivity index (χ0) is 15.6. The Morgan fingerprint density at radius 2 is 2.14 bits per heavy atom. The maximum Gasteiger partial charge on any atom is 0.393 e. The average molecular weight is 304 g/mol.